The number of carbonyl (C=O) groups excluding carboxylic acids is 2. The Morgan fingerprint density at radius 1 is 1.53 bits per heavy atom. The first-order valence-electron chi connectivity index (χ1n) is 5.11. The van der Waals surface area contributed by atoms with Crippen LogP contribution in [0, 0.1) is 5.82 Å². The van der Waals surface area contributed by atoms with Crippen LogP contribution in [0.5, 0.6) is 0 Å². The van der Waals surface area contributed by atoms with Gasteiger partial charge in [0, 0.05) is 5.39 Å². The second-order valence-corrected chi connectivity index (χ2v) is 3.41. The first kappa shape index (κ1) is 11.3. The lowest BCUT2D eigenvalue weighted by Crippen LogP contribution is -2.07. The number of benzene rings is 1. The molecule has 0 unspecified atom stereocenters. The summed E-state index contributed by atoms with van der Waals surface area (Å²) in [5.74, 6) is -1.17. The molecule has 0 saturated heterocycles. The van der Waals surface area contributed by atoms with E-state index < -0.39 is 11.8 Å². The van der Waals surface area contributed by atoms with E-state index >= 15 is 0 Å². The molecule has 0 aliphatic rings. The molecule has 0 radical (unpaired) electrons. The second-order valence-electron chi connectivity index (χ2n) is 3.41. The van der Waals surface area contributed by atoms with Crippen molar-refractivity contribution in [3.63, 3.8) is 0 Å². The van der Waals surface area contributed by atoms with Crippen LogP contribution in [0.2, 0.25) is 0 Å². The summed E-state index contributed by atoms with van der Waals surface area (Å²) in [4.78, 5) is 25.1. The van der Waals surface area contributed by atoms with Gasteiger partial charge in [0.25, 0.3) is 0 Å². The Morgan fingerprint density at radius 3 is 2.94 bits per heavy atom. The Hall–Kier alpha value is -2.17. The van der Waals surface area contributed by atoms with Gasteiger partial charge >= 0.3 is 5.97 Å². The molecule has 88 valence electrons. The number of fused-ring (bicyclic) bond motifs is 1. The molecule has 1 aromatic carbocycles. The van der Waals surface area contributed by atoms with Crippen LogP contribution in [-0.4, -0.2) is 23.8 Å². The highest BCUT2D eigenvalue weighted by Crippen LogP contribution is 2.23. The first-order chi connectivity index (χ1) is 8.19. The molecule has 4 nitrogen and oxygen atoms in total. The molecule has 0 aliphatic heterocycles. The van der Waals surface area contributed by atoms with Crippen LogP contribution in [0.3, 0.4) is 0 Å². The van der Waals surface area contributed by atoms with Crippen molar-refractivity contribution in [3.05, 3.63) is 35.3 Å². The molecule has 1 heterocycles. The molecule has 17 heavy (non-hydrogen) atoms. The Balaban J connectivity index is 2.68. The molecule has 2 rings (SSSR count). The second kappa shape index (κ2) is 4.37. The van der Waals surface area contributed by atoms with Crippen LogP contribution in [0.15, 0.2) is 18.2 Å². The number of hydrogen-bond donors (Lipinski definition) is 1. The lowest BCUT2D eigenvalue weighted by Gasteiger charge is -1.98. The number of ether oxygens (including phenoxy) is 1. The zero-order valence-electron chi connectivity index (χ0n) is 9.12. The van der Waals surface area contributed by atoms with Crippen LogP contribution in [-0.2, 0) is 4.74 Å². The zero-order chi connectivity index (χ0) is 12.4. The molecule has 0 fully saturated rings. The van der Waals surface area contributed by atoms with Gasteiger partial charge in [-0.1, -0.05) is 12.1 Å². The van der Waals surface area contributed by atoms with Crippen molar-refractivity contribution < 1.29 is 18.7 Å². The molecule has 1 aromatic heterocycles. The van der Waals surface area contributed by atoms with E-state index in [2.05, 4.69) is 4.98 Å². The normalized spacial score (nSPS) is 10.5. The molecule has 0 amide bonds. The Bertz CT molecular complexity index is 589. The van der Waals surface area contributed by atoms with E-state index in [1.807, 2.05) is 0 Å². The smallest absolute Gasteiger partial charge is 0.355 e. The molecule has 0 spiro atoms. The third kappa shape index (κ3) is 1.80. The quantitative estimate of drug-likeness (QED) is 0.656. The Kier molecular flexibility index (Phi) is 2.91. The minimum Gasteiger partial charge on any atom is -0.461 e. The molecule has 1 N–H and O–H groups in total. The van der Waals surface area contributed by atoms with Gasteiger partial charge in [-0.25, -0.2) is 9.18 Å². The van der Waals surface area contributed by atoms with Crippen molar-refractivity contribution in [2.75, 3.05) is 6.61 Å². The number of rotatable bonds is 3. The molecule has 0 atom stereocenters. The Morgan fingerprint density at radius 2 is 2.29 bits per heavy atom. The van der Waals surface area contributed by atoms with Gasteiger partial charge in [0.2, 0.25) is 0 Å². The number of carbonyl (C=O) groups is 2. The van der Waals surface area contributed by atoms with Gasteiger partial charge < -0.3 is 9.72 Å². The topological polar surface area (TPSA) is 59.2 Å². The molecule has 0 saturated carbocycles. The summed E-state index contributed by atoms with van der Waals surface area (Å²) < 4.78 is 18.3. The molecule has 2 aromatic rings. The number of nitrogens with one attached hydrogen (secondary N) is 1. The van der Waals surface area contributed by atoms with Crippen molar-refractivity contribution in [1.82, 2.24) is 4.98 Å². The van der Waals surface area contributed by atoms with Crippen molar-refractivity contribution in [3.8, 4) is 0 Å². The number of aromatic amines is 1. The molecule has 0 aliphatic carbocycles. The minimum absolute atomic E-state index is 0.0121. The van der Waals surface area contributed by atoms with E-state index in [4.69, 9.17) is 4.74 Å². The van der Waals surface area contributed by atoms with Gasteiger partial charge in [-0.2, -0.15) is 0 Å². The monoisotopic (exact) mass is 235 g/mol. The van der Waals surface area contributed by atoms with Gasteiger partial charge in [0.15, 0.2) is 6.29 Å². The fourth-order valence-corrected chi connectivity index (χ4v) is 1.69. The highest BCUT2D eigenvalue weighted by Gasteiger charge is 2.19. The summed E-state index contributed by atoms with van der Waals surface area (Å²) in [6.45, 7) is 1.84. The summed E-state index contributed by atoms with van der Waals surface area (Å²) in [6.07, 6.45) is 0.518. The zero-order valence-corrected chi connectivity index (χ0v) is 9.12. The lowest BCUT2D eigenvalue weighted by molar-refractivity contribution is 0.0518. The lowest BCUT2D eigenvalue weighted by atomic mass is 10.1. The predicted octanol–water partition coefficient (Wildman–Crippen LogP) is 2.30. The molecule has 5 heteroatoms. The van der Waals surface area contributed by atoms with Crippen LogP contribution < -0.4 is 0 Å². The highest BCUT2D eigenvalue weighted by atomic mass is 19.1. The van der Waals surface area contributed by atoms with Crippen molar-refractivity contribution in [1.29, 1.82) is 0 Å². The van der Waals surface area contributed by atoms with Crippen molar-refractivity contribution >= 4 is 23.2 Å². The first-order valence-corrected chi connectivity index (χ1v) is 5.11. The molecular formula is C12H10FNO3. The standard InChI is InChI=1S/C12H10FNO3/c1-2-17-12(16)11-8(6-15)7-4-3-5-9(13)10(7)14-11/h3-6,14H,2H2,1H3. The summed E-state index contributed by atoms with van der Waals surface area (Å²) in [7, 11) is 0. The van der Waals surface area contributed by atoms with E-state index in [-0.39, 0.29) is 23.4 Å². The van der Waals surface area contributed by atoms with Gasteiger partial charge in [-0.05, 0) is 13.0 Å². The third-order valence-corrected chi connectivity index (χ3v) is 2.42. The number of para-hydroxylation sites is 1. The minimum atomic E-state index is -0.662. The van der Waals surface area contributed by atoms with Gasteiger partial charge in [0.05, 0.1) is 17.7 Å². The maximum Gasteiger partial charge on any atom is 0.355 e. The number of H-pyrrole nitrogens is 1. The number of halogens is 1. The van der Waals surface area contributed by atoms with Crippen LogP contribution >= 0.6 is 0 Å². The van der Waals surface area contributed by atoms with E-state index in [1.165, 1.54) is 12.1 Å². The maximum absolute atomic E-state index is 13.5. The Labute approximate surface area is 96.4 Å². The van der Waals surface area contributed by atoms with Gasteiger partial charge in [-0.15, -0.1) is 0 Å². The molecule has 0 bridgehead atoms. The summed E-state index contributed by atoms with van der Waals surface area (Å²) in [6, 6.07) is 4.30. The van der Waals surface area contributed by atoms with E-state index in [0.717, 1.165) is 0 Å². The molecular weight excluding hydrogens is 225 g/mol. The fourth-order valence-electron chi connectivity index (χ4n) is 1.69. The average Bonchev–Trinajstić information content (AvgIpc) is 2.69. The largest absolute Gasteiger partial charge is 0.461 e. The van der Waals surface area contributed by atoms with Gasteiger partial charge in [-0.3, -0.25) is 4.79 Å². The summed E-state index contributed by atoms with van der Waals surface area (Å²) in [5.41, 5.74) is 0.248. The van der Waals surface area contributed by atoms with Crippen molar-refractivity contribution in [2.24, 2.45) is 0 Å². The fraction of sp³-hybridized carbons (Fsp3) is 0.167. The van der Waals surface area contributed by atoms with Crippen LogP contribution in [0.1, 0.15) is 27.8 Å². The maximum atomic E-state index is 13.5. The van der Waals surface area contributed by atoms with Crippen LogP contribution in [0.4, 0.5) is 4.39 Å². The van der Waals surface area contributed by atoms with E-state index in [9.17, 15) is 14.0 Å². The van der Waals surface area contributed by atoms with E-state index in [0.29, 0.717) is 11.7 Å². The number of aromatic nitrogens is 1. The average molecular weight is 235 g/mol. The number of hydrogen-bond acceptors (Lipinski definition) is 3. The SMILES string of the molecule is CCOC(=O)c1[nH]c2c(F)cccc2c1C=O. The number of esters is 1. The van der Waals surface area contributed by atoms with Crippen LogP contribution in [0.25, 0.3) is 10.9 Å². The number of aldehydes is 1. The van der Waals surface area contributed by atoms with Gasteiger partial charge in [0.1, 0.15) is 11.5 Å². The summed E-state index contributed by atoms with van der Waals surface area (Å²) in [5, 5.41) is 0.378. The van der Waals surface area contributed by atoms with Crippen molar-refractivity contribution in [2.45, 2.75) is 6.92 Å². The van der Waals surface area contributed by atoms with E-state index in [1.54, 1.807) is 13.0 Å². The predicted molar refractivity (Wildman–Crippen MR) is 59.6 cm³/mol. The highest BCUT2D eigenvalue weighted by molar-refractivity contribution is 6.08. The third-order valence-electron chi connectivity index (χ3n) is 2.42. The summed E-state index contributed by atoms with van der Waals surface area (Å²) >= 11 is 0.